The number of nitrogens with zero attached hydrogens (tertiary/aromatic N) is 1. The molecule has 2 unspecified atom stereocenters. The molecule has 0 aromatic heterocycles. The minimum absolute atomic E-state index is 0.302. The topological polar surface area (TPSA) is 15.3 Å². The molecule has 1 rings (SSSR count). The van der Waals surface area contributed by atoms with Crippen molar-refractivity contribution in [1.29, 1.82) is 0 Å². The highest BCUT2D eigenvalue weighted by molar-refractivity contribution is 4.94. The maximum atomic E-state index is 3.71. The van der Waals surface area contributed by atoms with E-state index in [1.165, 1.54) is 19.5 Å². The van der Waals surface area contributed by atoms with Gasteiger partial charge in [-0.25, -0.2) is 0 Å². The molecule has 1 aliphatic heterocycles. The second-order valence-corrected chi connectivity index (χ2v) is 7.68. The molecule has 0 radical (unpaired) electrons. The van der Waals surface area contributed by atoms with E-state index in [-0.39, 0.29) is 0 Å². The molecule has 1 aliphatic rings. The van der Waals surface area contributed by atoms with E-state index in [1.54, 1.807) is 0 Å². The summed E-state index contributed by atoms with van der Waals surface area (Å²) < 4.78 is 0. The SMILES string of the molecule is CC(C)CC(C)CN1CC(C(C)C)NCC1(C)C. The van der Waals surface area contributed by atoms with Gasteiger partial charge in [-0.15, -0.1) is 0 Å². The number of hydrogen-bond acceptors (Lipinski definition) is 2. The van der Waals surface area contributed by atoms with Gasteiger partial charge in [-0.1, -0.05) is 34.6 Å². The van der Waals surface area contributed by atoms with Crippen LogP contribution in [-0.4, -0.2) is 36.1 Å². The minimum atomic E-state index is 0.302. The molecule has 2 atom stereocenters. The van der Waals surface area contributed by atoms with Gasteiger partial charge in [0.2, 0.25) is 0 Å². The Morgan fingerprint density at radius 1 is 1.17 bits per heavy atom. The van der Waals surface area contributed by atoms with Crippen LogP contribution in [0.25, 0.3) is 0 Å². The molecule has 2 nitrogen and oxygen atoms in total. The lowest BCUT2D eigenvalue weighted by Crippen LogP contribution is -2.63. The molecule has 1 heterocycles. The Kier molecular flexibility index (Phi) is 5.67. The third-order valence-electron chi connectivity index (χ3n) is 4.28. The van der Waals surface area contributed by atoms with E-state index in [2.05, 4.69) is 58.7 Å². The summed E-state index contributed by atoms with van der Waals surface area (Å²) in [6.45, 7) is 20.0. The van der Waals surface area contributed by atoms with Crippen molar-refractivity contribution in [3.05, 3.63) is 0 Å². The van der Waals surface area contributed by atoms with Crippen molar-refractivity contribution >= 4 is 0 Å². The fourth-order valence-electron chi connectivity index (χ4n) is 3.07. The summed E-state index contributed by atoms with van der Waals surface area (Å²) in [6.07, 6.45) is 1.34. The van der Waals surface area contributed by atoms with Crippen molar-refractivity contribution < 1.29 is 0 Å². The monoisotopic (exact) mass is 254 g/mol. The molecule has 18 heavy (non-hydrogen) atoms. The Balaban J connectivity index is 2.58. The fourth-order valence-corrected chi connectivity index (χ4v) is 3.07. The van der Waals surface area contributed by atoms with Gasteiger partial charge in [-0.3, -0.25) is 4.90 Å². The van der Waals surface area contributed by atoms with Crippen molar-refractivity contribution in [2.45, 2.75) is 66.5 Å². The molecule has 0 amide bonds. The smallest absolute Gasteiger partial charge is 0.0278 e. The highest BCUT2D eigenvalue weighted by Crippen LogP contribution is 2.24. The van der Waals surface area contributed by atoms with Crippen LogP contribution in [0.2, 0.25) is 0 Å². The van der Waals surface area contributed by atoms with Gasteiger partial charge in [0, 0.05) is 31.2 Å². The summed E-state index contributed by atoms with van der Waals surface area (Å²) in [5, 5.41) is 3.71. The highest BCUT2D eigenvalue weighted by atomic mass is 15.3. The maximum Gasteiger partial charge on any atom is 0.0278 e. The fraction of sp³-hybridized carbons (Fsp3) is 1.00. The van der Waals surface area contributed by atoms with Crippen molar-refractivity contribution in [2.24, 2.45) is 17.8 Å². The Morgan fingerprint density at radius 3 is 2.28 bits per heavy atom. The first-order chi connectivity index (χ1) is 8.22. The van der Waals surface area contributed by atoms with Gasteiger partial charge in [-0.05, 0) is 38.0 Å². The van der Waals surface area contributed by atoms with Crippen LogP contribution in [0.15, 0.2) is 0 Å². The zero-order valence-corrected chi connectivity index (χ0v) is 13.6. The number of rotatable bonds is 5. The quantitative estimate of drug-likeness (QED) is 0.809. The summed E-state index contributed by atoms with van der Waals surface area (Å²) in [5.41, 5.74) is 0.302. The zero-order chi connectivity index (χ0) is 13.9. The first-order valence-electron chi connectivity index (χ1n) is 7.70. The van der Waals surface area contributed by atoms with E-state index in [0.29, 0.717) is 11.6 Å². The van der Waals surface area contributed by atoms with Crippen LogP contribution >= 0.6 is 0 Å². The van der Waals surface area contributed by atoms with Gasteiger partial charge in [0.15, 0.2) is 0 Å². The average molecular weight is 254 g/mol. The molecular formula is C16H34N2. The second-order valence-electron chi connectivity index (χ2n) is 7.68. The number of piperazine rings is 1. The summed E-state index contributed by atoms with van der Waals surface area (Å²) in [6, 6.07) is 0.657. The molecule has 0 aromatic carbocycles. The summed E-state index contributed by atoms with van der Waals surface area (Å²) in [7, 11) is 0. The molecule has 0 spiro atoms. The Morgan fingerprint density at radius 2 is 1.78 bits per heavy atom. The lowest BCUT2D eigenvalue weighted by atomic mass is 9.90. The van der Waals surface area contributed by atoms with Gasteiger partial charge in [0.1, 0.15) is 0 Å². The van der Waals surface area contributed by atoms with Crippen LogP contribution in [0.5, 0.6) is 0 Å². The van der Waals surface area contributed by atoms with Crippen molar-refractivity contribution in [3.63, 3.8) is 0 Å². The predicted octanol–water partition coefficient (Wildman–Crippen LogP) is 3.38. The van der Waals surface area contributed by atoms with E-state index in [9.17, 15) is 0 Å². The zero-order valence-electron chi connectivity index (χ0n) is 13.6. The van der Waals surface area contributed by atoms with Crippen LogP contribution in [-0.2, 0) is 0 Å². The largest absolute Gasteiger partial charge is 0.311 e. The lowest BCUT2D eigenvalue weighted by Gasteiger charge is -2.48. The van der Waals surface area contributed by atoms with E-state index in [1.807, 2.05) is 0 Å². The van der Waals surface area contributed by atoms with Gasteiger partial charge in [0.25, 0.3) is 0 Å². The minimum Gasteiger partial charge on any atom is -0.311 e. The molecule has 0 aliphatic carbocycles. The first-order valence-corrected chi connectivity index (χ1v) is 7.70. The van der Waals surface area contributed by atoms with E-state index in [0.717, 1.165) is 24.3 Å². The molecule has 108 valence electrons. The predicted molar refractivity (Wildman–Crippen MR) is 80.9 cm³/mol. The third kappa shape index (κ3) is 4.55. The van der Waals surface area contributed by atoms with E-state index < -0.39 is 0 Å². The van der Waals surface area contributed by atoms with Gasteiger partial charge in [-0.2, -0.15) is 0 Å². The molecule has 0 bridgehead atoms. The highest BCUT2D eigenvalue weighted by Gasteiger charge is 2.35. The van der Waals surface area contributed by atoms with Crippen LogP contribution in [0, 0.1) is 17.8 Å². The van der Waals surface area contributed by atoms with E-state index in [4.69, 9.17) is 0 Å². The maximum absolute atomic E-state index is 3.71. The molecule has 1 fully saturated rings. The van der Waals surface area contributed by atoms with Crippen LogP contribution in [0.4, 0.5) is 0 Å². The number of nitrogens with one attached hydrogen (secondary N) is 1. The van der Waals surface area contributed by atoms with Crippen molar-refractivity contribution in [1.82, 2.24) is 10.2 Å². The van der Waals surface area contributed by atoms with E-state index >= 15 is 0 Å². The molecule has 0 aromatic rings. The average Bonchev–Trinajstić information content (AvgIpc) is 2.19. The molecule has 2 heteroatoms. The summed E-state index contributed by atoms with van der Waals surface area (Å²) in [4.78, 5) is 2.71. The van der Waals surface area contributed by atoms with Gasteiger partial charge >= 0.3 is 0 Å². The second kappa shape index (κ2) is 6.38. The number of hydrogen-bond donors (Lipinski definition) is 1. The Hall–Kier alpha value is -0.0800. The molecule has 0 saturated carbocycles. The lowest BCUT2D eigenvalue weighted by molar-refractivity contribution is 0.0399. The van der Waals surface area contributed by atoms with Gasteiger partial charge < -0.3 is 5.32 Å². The van der Waals surface area contributed by atoms with Gasteiger partial charge in [0.05, 0.1) is 0 Å². The Bertz CT molecular complexity index is 245. The third-order valence-corrected chi connectivity index (χ3v) is 4.28. The van der Waals surface area contributed by atoms with Crippen molar-refractivity contribution in [2.75, 3.05) is 19.6 Å². The van der Waals surface area contributed by atoms with Crippen LogP contribution in [0.1, 0.15) is 54.9 Å². The summed E-state index contributed by atoms with van der Waals surface area (Å²) in [5.74, 6) is 2.34. The molecule has 1 saturated heterocycles. The standard InChI is InChI=1S/C16H34N2/c1-12(2)8-14(5)9-18-10-15(13(3)4)17-11-16(18,6)7/h12-15,17H,8-11H2,1-7H3. The molecular weight excluding hydrogens is 220 g/mol. The van der Waals surface area contributed by atoms with Crippen molar-refractivity contribution in [3.8, 4) is 0 Å². The normalized spacial score (nSPS) is 26.8. The van der Waals surface area contributed by atoms with Crippen LogP contribution in [0.3, 0.4) is 0 Å². The first kappa shape index (κ1) is 16.0. The summed E-state index contributed by atoms with van der Waals surface area (Å²) >= 11 is 0. The Labute approximate surface area is 115 Å². The van der Waals surface area contributed by atoms with Crippen LogP contribution < -0.4 is 5.32 Å². The molecule has 1 N–H and O–H groups in total.